The summed E-state index contributed by atoms with van der Waals surface area (Å²) < 4.78 is 5.54. The molecule has 3 nitrogen and oxygen atoms in total. The molecule has 5 aliphatic rings. The zero-order valence-electron chi connectivity index (χ0n) is 26.9. The van der Waals surface area contributed by atoms with Crippen molar-refractivity contribution in [1.82, 2.24) is 0 Å². The number of halogens is 1. The van der Waals surface area contributed by atoms with Crippen molar-refractivity contribution in [1.29, 1.82) is 0 Å². The Morgan fingerprint density at radius 1 is 0.929 bits per heavy atom. The van der Waals surface area contributed by atoms with E-state index in [1.54, 1.807) is 7.11 Å². The van der Waals surface area contributed by atoms with Gasteiger partial charge in [0.2, 0.25) is 0 Å². The van der Waals surface area contributed by atoms with Crippen LogP contribution in [0.4, 0.5) is 0 Å². The van der Waals surface area contributed by atoms with Crippen LogP contribution in [0.1, 0.15) is 105 Å². The SMILES string of the molecule is C=C(C)[C@@H]1CC[C@]2(C(=O)OC)CC[C@]3(C)[C@@H](CC[C@H]4[C@@]5(C)C/C(=C\c6ccc(Cl)cc6)C(=O)C(C)(C)[C@@H]5CC[C@@]43C)[C@H]12. The highest BCUT2D eigenvalue weighted by Crippen LogP contribution is 2.77. The van der Waals surface area contributed by atoms with Crippen LogP contribution < -0.4 is 0 Å². The number of rotatable bonds is 3. The van der Waals surface area contributed by atoms with Gasteiger partial charge in [-0.2, -0.15) is 0 Å². The Labute approximate surface area is 258 Å². The number of ether oxygens (including phenoxy) is 1. The van der Waals surface area contributed by atoms with Crippen molar-refractivity contribution in [2.24, 2.45) is 56.7 Å². The standard InChI is InChI=1S/C38H51ClO3/c1-23(2)27-15-18-38(33(41)42-8)20-19-36(6)28(31(27)38)13-14-30-35(5)22-25(21-24-9-11-26(39)12-10-24)32(40)34(3,4)29(35)16-17-37(30,36)7/h9-12,21,27-31H,1,13-20,22H2,2-8H3/b25-21+/t27-,28-,29-,30-,31-,35-,36+,37-,38-/m0/s1. The Balaban J connectivity index is 1.41. The molecule has 4 heteroatoms. The van der Waals surface area contributed by atoms with Crippen LogP contribution in [-0.2, 0) is 14.3 Å². The van der Waals surface area contributed by atoms with Crippen LogP contribution in [0, 0.1) is 56.7 Å². The zero-order valence-corrected chi connectivity index (χ0v) is 27.7. The van der Waals surface area contributed by atoms with Crippen molar-refractivity contribution in [2.45, 2.75) is 99.3 Å². The molecule has 1 aromatic rings. The van der Waals surface area contributed by atoms with Gasteiger partial charge in [0, 0.05) is 10.4 Å². The summed E-state index contributed by atoms with van der Waals surface area (Å²) in [4.78, 5) is 27.6. The number of ketones is 1. The van der Waals surface area contributed by atoms with Crippen LogP contribution in [0.3, 0.4) is 0 Å². The molecule has 0 bridgehead atoms. The van der Waals surface area contributed by atoms with E-state index in [1.165, 1.54) is 12.0 Å². The second kappa shape index (κ2) is 9.82. The normalized spacial score (nSPS) is 44.9. The summed E-state index contributed by atoms with van der Waals surface area (Å²) in [5.41, 5.74) is 2.83. The van der Waals surface area contributed by atoms with Gasteiger partial charge in [-0.05, 0) is 140 Å². The summed E-state index contributed by atoms with van der Waals surface area (Å²) >= 11 is 6.18. The topological polar surface area (TPSA) is 43.4 Å². The number of allylic oxidation sites excluding steroid dienone is 2. The van der Waals surface area contributed by atoms with Gasteiger partial charge in [0.05, 0.1) is 12.5 Å². The van der Waals surface area contributed by atoms with Gasteiger partial charge in [-0.3, -0.25) is 9.59 Å². The van der Waals surface area contributed by atoms with E-state index in [9.17, 15) is 9.59 Å². The van der Waals surface area contributed by atoms with Gasteiger partial charge in [0.1, 0.15) is 0 Å². The van der Waals surface area contributed by atoms with Crippen LogP contribution in [-0.4, -0.2) is 18.9 Å². The van der Waals surface area contributed by atoms with Crippen molar-refractivity contribution in [3.8, 4) is 0 Å². The lowest BCUT2D eigenvalue weighted by Gasteiger charge is -2.72. The van der Waals surface area contributed by atoms with E-state index < -0.39 is 5.41 Å². The number of esters is 1. The van der Waals surface area contributed by atoms with Crippen LogP contribution >= 0.6 is 11.6 Å². The molecule has 1 aromatic carbocycles. The third-order valence-electron chi connectivity index (χ3n) is 14.5. The van der Waals surface area contributed by atoms with Crippen molar-refractivity contribution in [3.05, 3.63) is 52.6 Å². The van der Waals surface area contributed by atoms with Crippen LogP contribution in [0.15, 0.2) is 42.0 Å². The molecule has 42 heavy (non-hydrogen) atoms. The lowest BCUT2D eigenvalue weighted by Crippen LogP contribution is -2.67. The first kappa shape index (κ1) is 30.2. The minimum atomic E-state index is -0.395. The average Bonchev–Trinajstić information content (AvgIpc) is 3.34. The van der Waals surface area contributed by atoms with Gasteiger partial charge in [-0.15, -0.1) is 0 Å². The van der Waals surface area contributed by atoms with Crippen molar-refractivity contribution < 1.29 is 14.3 Å². The quantitative estimate of drug-likeness (QED) is 0.200. The molecule has 6 rings (SSSR count). The summed E-state index contributed by atoms with van der Waals surface area (Å²) in [5.74, 6) is 2.42. The number of fused-ring (bicyclic) bond motifs is 7. The highest BCUT2D eigenvalue weighted by Gasteiger charge is 2.72. The molecule has 0 radical (unpaired) electrons. The van der Waals surface area contributed by atoms with Crippen molar-refractivity contribution >= 4 is 29.4 Å². The lowest BCUT2D eigenvalue weighted by molar-refractivity contribution is -0.232. The maximum absolute atomic E-state index is 14.1. The second-order valence-electron chi connectivity index (χ2n) is 16.3. The Morgan fingerprint density at radius 2 is 1.62 bits per heavy atom. The van der Waals surface area contributed by atoms with Crippen LogP contribution in [0.5, 0.6) is 0 Å². The number of benzene rings is 1. The molecule has 9 atom stereocenters. The molecule has 0 saturated heterocycles. The fourth-order valence-electron chi connectivity index (χ4n) is 12.4. The average molecular weight is 591 g/mol. The Bertz CT molecular complexity index is 1340. The maximum Gasteiger partial charge on any atom is 0.312 e. The lowest BCUT2D eigenvalue weighted by atomic mass is 9.32. The molecule has 0 N–H and O–H groups in total. The number of hydrogen-bond acceptors (Lipinski definition) is 3. The van der Waals surface area contributed by atoms with Gasteiger partial charge in [0.15, 0.2) is 5.78 Å². The first-order valence-corrected chi connectivity index (χ1v) is 16.8. The van der Waals surface area contributed by atoms with E-state index in [1.807, 2.05) is 24.3 Å². The monoisotopic (exact) mass is 590 g/mol. The minimum Gasteiger partial charge on any atom is -0.469 e. The van der Waals surface area contributed by atoms with Gasteiger partial charge in [0.25, 0.3) is 0 Å². The number of methoxy groups -OCH3 is 1. The van der Waals surface area contributed by atoms with Gasteiger partial charge >= 0.3 is 5.97 Å². The first-order valence-electron chi connectivity index (χ1n) is 16.4. The predicted octanol–water partition coefficient (Wildman–Crippen LogP) is 9.73. The number of carbonyl (C=O) groups is 2. The summed E-state index contributed by atoms with van der Waals surface area (Å²) in [6.07, 6.45) is 11.5. The highest BCUT2D eigenvalue weighted by molar-refractivity contribution is 6.30. The fraction of sp³-hybridized carbons (Fsp3) is 0.684. The molecule has 0 unspecified atom stereocenters. The third-order valence-corrected chi connectivity index (χ3v) is 14.7. The molecule has 228 valence electrons. The fourth-order valence-corrected chi connectivity index (χ4v) is 12.6. The third kappa shape index (κ3) is 3.90. The van der Waals surface area contributed by atoms with Crippen LogP contribution in [0.25, 0.3) is 6.08 Å². The van der Waals surface area contributed by atoms with Crippen molar-refractivity contribution in [2.75, 3.05) is 7.11 Å². The van der Waals surface area contributed by atoms with Gasteiger partial charge in [-0.25, -0.2) is 0 Å². The molecule has 5 aliphatic carbocycles. The maximum atomic E-state index is 14.1. The molecule has 5 fully saturated rings. The predicted molar refractivity (Wildman–Crippen MR) is 171 cm³/mol. The molecule has 0 spiro atoms. The van der Waals surface area contributed by atoms with E-state index in [-0.39, 0.29) is 27.6 Å². The highest BCUT2D eigenvalue weighted by atomic mass is 35.5. The molecular weight excluding hydrogens is 540 g/mol. The molecular formula is C38H51ClO3. The van der Waals surface area contributed by atoms with E-state index in [0.717, 1.165) is 62.5 Å². The molecule has 0 amide bonds. The molecule has 5 saturated carbocycles. The number of Topliss-reactive ketones (excluding diaryl/α,β-unsaturated/α-hetero) is 1. The van der Waals surface area contributed by atoms with E-state index in [2.05, 4.69) is 54.2 Å². The van der Waals surface area contributed by atoms with E-state index >= 15 is 0 Å². The van der Waals surface area contributed by atoms with Crippen LogP contribution in [0.2, 0.25) is 5.02 Å². The summed E-state index contributed by atoms with van der Waals surface area (Å²) in [5, 5.41) is 0.715. The smallest absolute Gasteiger partial charge is 0.312 e. The minimum absolute atomic E-state index is 0.0192. The van der Waals surface area contributed by atoms with E-state index in [0.29, 0.717) is 40.4 Å². The Morgan fingerprint density at radius 3 is 2.26 bits per heavy atom. The first-order chi connectivity index (χ1) is 19.7. The molecule has 0 aromatic heterocycles. The Kier molecular flexibility index (Phi) is 7.05. The van der Waals surface area contributed by atoms with E-state index in [4.69, 9.17) is 16.3 Å². The number of hydrogen-bond donors (Lipinski definition) is 0. The van der Waals surface area contributed by atoms with Crippen molar-refractivity contribution in [3.63, 3.8) is 0 Å². The number of carbonyl (C=O) groups excluding carboxylic acids is 2. The second-order valence-corrected chi connectivity index (χ2v) is 16.7. The summed E-state index contributed by atoms with van der Waals surface area (Å²) in [6, 6.07) is 7.87. The summed E-state index contributed by atoms with van der Waals surface area (Å²) in [7, 11) is 1.58. The molecule has 0 heterocycles. The van der Waals surface area contributed by atoms with Gasteiger partial charge in [-0.1, -0.05) is 70.5 Å². The Hall–Kier alpha value is -1.87. The molecule has 0 aliphatic heterocycles. The largest absolute Gasteiger partial charge is 0.469 e. The zero-order chi connectivity index (χ0) is 30.5. The van der Waals surface area contributed by atoms with Gasteiger partial charge < -0.3 is 4.74 Å². The summed E-state index contributed by atoms with van der Waals surface area (Å²) in [6.45, 7) is 18.8.